The number of hydrogen-bond donors (Lipinski definition) is 0. The maximum atomic E-state index is 12.8. The zero-order chi connectivity index (χ0) is 44.4. The highest BCUT2D eigenvalue weighted by molar-refractivity contribution is 5.71. The molecule has 0 aromatic rings. The minimum Gasteiger partial charge on any atom is -0.462 e. The van der Waals surface area contributed by atoms with Crippen LogP contribution in [0.15, 0.2) is 12.2 Å². The molecule has 1 unspecified atom stereocenters. The average Bonchev–Trinajstić information content (AvgIpc) is 3.26. The van der Waals surface area contributed by atoms with Crippen LogP contribution in [0.3, 0.4) is 0 Å². The van der Waals surface area contributed by atoms with Crippen LogP contribution in [0, 0.1) is 0 Å². The van der Waals surface area contributed by atoms with Crippen molar-refractivity contribution in [2.24, 2.45) is 0 Å². The lowest BCUT2D eigenvalue weighted by molar-refractivity contribution is -0.167. The van der Waals surface area contributed by atoms with E-state index in [1.54, 1.807) is 0 Å². The van der Waals surface area contributed by atoms with Gasteiger partial charge in [-0.2, -0.15) is 0 Å². The Morgan fingerprint density at radius 3 is 0.836 bits per heavy atom. The van der Waals surface area contributed by atoms with Crippen LogP contribution in [0.1, 0.15) is 303 Å². The molecule has 0 heterocycles. The van der Waals surface area contributed by atoms with Crippen LogP contribution in [0.4, 0.5) is 0 Å². The summed E-state index contributed by atoms with van der Waals surface area (Å²) < 4.78 is 16.8. The number of hydrogen-bond acceptors (Lipinski definition) is 6. The van der Waals surface area contributed by atoms with Gasteiger partial charge in [-0.15, -0.1) is 0 Å². The molecule has 0 aromatic carbocycles. The number of carbonyl (C=O) groups excluding carboxylic acids is 3. The highest BCUT2D eigenvalue weighted by atomic mass is 16.6. The van der Waals surface area contributed by atoms with E-state index in [9.17, 15) is 14.4 Å². The first-order chi connectivity index (χ1) is 30.0. The van der Waals surface area contributed by atoms with Gasteiger partial charge in [0, 0.05) is 19.3 Å². The Labute approximate surface area is 380 Å². The van der Waals surface area contributed by atoms with Gasteiger partial charge in [-0.1, -0.05) is 251 Å². The molecule has 0 radical (unpaired) electrons. The van der Waals surface area contributed by atoms with Gasteiger partial charge in [-0.05, 0) is 44.9 Å². The maximum absolute atomic E-state index is 12.8. The summed E-state index contributed by atoms with van der Waals surface area (Å²) in [5, 5.41) is 0. The largest absolute Gasteiger partial charge is 0.462 e. The van der Waals surface area contributed by atoms with Crippen LogP contribution in [0.2, 0.25) is 0 Å². The number of rotatable bonds is 50. The van der Waals surface area contributed by atoms with Crippen molar-refractivity contribution < 1.29 is 28.6 Å². The lowest BCUT2D eigenvalue weighted by Gasteiger charge is -2.18. The lowest BCUT2D eigenvalue weighted by atomic mass is 10.0. The second-order valence-electron chi connectivity index (χ2n) is 18.5. The van der Waals surface area contributed by atoms with Gasteiger partial charge in [0.15, 0.2) is 6.10 Å². The molecule has 0 rings (SSSR count). The molecule has 6 nitrogen and oxygen atoms in total. The van der Waals surface area contributed by atoms with Crippen molar-refractivity contribution in [1.82, 2.24) is 0 Å². The summed E-state index contributed by atoms with van der Waals surface area (Å²) in [6.45, 7) is 6.65. The number of ether oxygens (including phenoxy) is 3. The predicted octanol–water partition coefficient (Wildman–Crippen LogP) is 17.8. The Bertz CT molecular complexity index is 947. The van der Waals surface area contributed by atoms with Crippen LogP contribution in [-0.4, -0.2) is 37.2 Å². The van der Waals surface area contributed by atoms with Gasteiger partial charge in [-0.3, -0.25) is 14.4 Å². The fourth-order valence-corrected chi connectivity index (χ4v) is 8.14. The zero-order valence-corrected chi connectivity index (χ0v) is 41.2. The van der Waals surface area contributed by atoms with E-state index in [1.807, 2.05) is 0 Å². The molecule has 0 spiro atoms. The molecule has 0 N–H and O–H groups in total. The van der Waals surface area contributed by atoms with Crippen LogP contribution >= 0.6 is 0 Å². The highest BCUT2D eigenvalue weighted by Crippen LogP contribution is 2.17. The predicted molar refractivity (Wildman–Crippen MR) is 261 cm³/mol. The van der Waals surface area contributed by atoms with Gasteiger partial charge < -0.3 is 14.2 Å². The van der Waals surface area contributed by atoms with Gasteiger partial charge in [-0.25, -0.2) is 0 Å². The van der Waals surface area contributed by atoms with E-state index in [1.165, 1.54) is 205 Å². The summed E-state index contributed by atoms with van der Waals surface area (Å²) in [6, 6.07) is 0. The lowest BCUT2D eigenvalue weighted by Crippen LogP contribution is -2.30. The standard InChI is InChI=1S/C55H104O6/c1-4-7-10-13-16-19-22-24-26-27-28-30-31-33-36-39-42-45-48-54(57)60-51-52(50-59-53(56)47-44-41-38-35-21-18-15-12-9-6-3)61-55(58)49-46-43-40-37-34-32-29-25-23-20-17-14-11-8-5-2/h20,23,52H,4-19,21-22,24-51H2,1-3H3/b23-20-. The molecule has 0 aliphatic rings. The first-order valence-corrected chi connectivity index (χ1v) is 27.2. The van der Waals surface area contributed by atoms with Crippen molar-refractivity contribution in [2.45, 2.75) is 309 Å². The summed E-state index contributed by atoms with van der Waals surface area (Å²) in [5.74, 6) is -0.853. The summed E-state index contributed by atoms with van der Waals surface area (Å²) in [4.78, 5) is 38.0. The van der Waals surface area contributed by atoms with Crippen molar-refractivity contribution in [2.75, 3.05) is 13.2 Å². The third kappa shape index (κ3) is 49.0. The Morgan fingerprint density at radius 2 is 0.541 bits per heavy atom. The van der Waals surface area contributed by atoms with Crippen LogP contribution in [0.25, 0.3) is 0 Å². The topological polar surface area (TPSA) is 78.9 Å². The third-order valence-electron chi connectivity index (χ3n) is 12.3. The minimum absolute atomic E-state index is 0.0663. The summed E-state index contributed by atoms with van der Waals surface area (Å²) in [5.41, 5.74) is 0. The first-order valence-electron chi connectivity index (χ1n) is 27.2. The van der Waals surface area contributed by atoms with Crippen molar-refractivity contribution in [3.63, 3.8) is 0 Å². The fourth-order valence-electron chi connectivity index (χ4n) is 8.14. The SMILES string of the molecule is CCCCCC/C=C\CCCCCCCCCC(=O)OC(COC(=O)CCCCCCCCCCCC)COC(=O)CCCCCCCCCCCCCCCCCCCC. The van der Waals surface area contributed by atoms with Gasteiger partial charge in [0.1, 0.15) is 13.2 Å². The molecule has 61 heavy (non-hydrogen) atoms. The van der Waals surface area contributed by atoms with Crippen molar-refractivity contribution >= 4 is 17.9 Å². The Hall–Kier alpha value is -1.85. The van der Waals surface area contributed by atoms with Gasteiger partial charge >= 0.3 is 17.9 Å². The quantitative estimate of drug-likeness (QED) is 0.0262. The molecule has 0 saturated carbocycles. The van der Waals surface area contributed by atoms with E-state index in [2.05, 4.69) is 32.9 Å². The number of esters is 3. The van der Waals surface area contributed by atoms with E-state index < -0.39 is 6.10 Å². The minimum atomic E-state index is -0.765. The zero-order valence-electron chi connectivity index (χ0n) is 41.2. The molecule has 0 aliphatic carbocycles. The summed E-state index contributed by atoms with van der Waals surface area (Å²) in [6.07, 6.45) is 56.3. The van der Waals surface area contributed by atoms with Crippen molar-refractivity contribution in [1.29, 1.82) is 0 Å². The molecule has 0 saturated heterocycles. The highest BCUT2D eigenvalue weighted by Gasteiger charge is 2.19. The Balaban J connectivity index is 4.27. The third-order valence-corrected chi connectivity index (χ3v) is 12.3. The molecular formula is C55H104O6. The van der Waals surface area contributed by atoms with E-state index in [-0.39, 0.29) is 31.1 Å². The molecule has 360 valence electrons. The smallest absolute Gasteiger partial charge is 0.306 e. The summed E-state index contributed by atoms with van der Waals surface area (Å²) >= 11 is 0. The van der Waals surface area contributed by atoms with Crippen LogP contribution in [-0.2, 0) is 28.6 Å². The normalized spacial score (nSPS) is 12.0. The fraction of sp³-hybridized carbons (Fsp3) is 0.909. The van der Waals surface area contributed by atoms with E-state index >= 15 is 0 Å². The summed E-state index contributed by atoms with van der Waals surface area (Å²) in [7, 11) is 0. The molecule has 6 heteroatoms. The number of allylic oxidation sites excluding steroid dienone is 2. The van der Waals surface area contributed by atoms with Crippen LogP contribution in [0.5, 0.6) is 0 Å². The monoisotopic (exact) mass is 861 g/mol. The molecule has 1 atom stereocenters. The molecule has 0 aliphatic heterocycles. The molecular weight excluding hydrogens is 757 g/mol. The second kappa shape index (κ2) is 50.8. The molecule has 0 amide bonds. The van der Waals surface area contributed by atoms with Gasteiger partial charge in [0.05, 0.1) is 0 Å². The Kier molecular flexibility index (Phi) is 49.3. The first kappa shape index (κ1) is 59.1. The van der Waals surface area contributed by atoms with Crippen molar-refractivity contribution in [3.05, 3.63) is 12.2 Å². The number of unbranched alkanes of at least 4 members (excludes halogenated alkanes) is 37. The Morgan fingerprint density at radius 1 is 0.311 bits per heavy atom. The van der Waals surface area contributed by atoms with Crippen LogP contribution < -0.4 is 0 Å². The molecule has 0 aromatic heterocycles. The van der Waals surface area contributed by atoms with E-state index in [0.717, 1.165) is 57.8 Å². The molecule has 0 bridgehead atoms. The van der Waals surface area contributed by atoms with E-state index in [4.69, 9.17) is 14.2 Å². The van der Waals surface area contributed by atoms with E-state index in [0.29, 0.717) is 19.3 Å². The average molecular weight is 861 g/mol. The van der Waals surface area contributed by atoms with Gasteiger partial charge in [0.2, 0.25) is 0 Å². The number of carbonyl (C=O) groups is 3. The van der Waals surface area contributed by atoms with Gasteiger partial charge in [0.25, 0.3) is 0 Å². The maximum Gasteiger partial charge on any atom is 0.306 e. The van der Waals surface area contributed by atoms with Crippen molar-refractivity contribution in [3.8, 4) is 0 Å². The molecule has 0 fully saturated rings. The second-order valence-corrected chi connectivity index (χ2v) is 18.5.